The first-order valence-corrected chi connectivity index (χ1v) is 7.08. The first-order chi connectivity index (χ1) is 10.7. The molecule has 2 rings (SSSR count). The highest BCUT2D eigenvalue weighted by Crippen LogP contribution is 2.16. The number of halogens is 1. The van der Waals surface area contributed by atoms with E-state index in [1.165, 1.54) is 17.2 Å². The second kappa shape index (κ2) is 7.61. The van der Waals surface area contributed by atoms with E-state index in [1.54, 1.807) is 18.3 Å². The van der Waals surface area contributed by atoms with Gasteiger partial charge in [-0.25, -0.2) is 4.39 Å². The van der Waals surface area contributed by atoms with Crippen LogP contribution in [0, 0.1) is 5.82 Å². The van der Waals surface area contributed by atoms with Gasteiger partial charge in [0.15, 0.2) is 5.82 Å². The van der Waals surface area contributed by atoms with Crippen molar-refractivity contribution in [2.75, 3.05) is 6.61 Å². The van der Waals surface area contributed by atoms with Crippen LogP contribution in [0.4, 0.5) is 4.39 Å². The quantitative estimate of drug-likeness (QED) is 0.886. The van der Waals surface area contributed by atoms with Crippen molar-refractivity contribution in [2.24, 2.45) is 0 Å². The van der Waals surface area contributed by atoms with Crippen LogP contribution in [-0.4, -0.2) is 38.5 Å². The third kappa shape index (κ3) is 3.65. The van der Waals surface area contributed by atoms with E-state index in [2.05, 4.69) is 9.97 Å². The van der Waals surface area contributed by atoms with Gasteiger partial charge in [0.05, 0.1) is 36.6 Å². The summed E-state index contributed by atoms with van der Waals surface area (Å²) in [5, 5.41) is 9.52. The van der Waals surface area contributed by atoms with Crippen molar-refractivity contribution in [1.82, 2.24) is 14.9 Å². The number of aliphatic hydroxyl groups excluding tert-OH is 1. The van der Waals surface area contributed by atoms with Gasteiger partial charge in [0.25, 0.3) is 5.91 Å². The van der Waals surface area contributed by atoms with Crippen LogP contribution < -0.4 is 0 Å². The number of aromatic nitrogens is 2. The highest BCUT2D eigenvalue weighted by atomic mass is 19.1. The monoisotopic (exact) mass is 303 g/mol. The summed E-state index contributed by atoms with van der Waals surface area (Å²) in [7, 11) is 0. The van der Waals surface area contributed by atoms with Crippen LogP contribution in [0.1, 0.15) is 29.4 Å². The molecule has 1 unspecified atom stereocenters. The van der Waals surface area contributed by atoms with Crippen molar-refractivity contribution in [1.29, 1.82) is 0 Å². The third-order valence-corrected chi connectivity index (χ3v) is 3.44. The topological polar surface area (TPSA) is 66.3 Å². The zero-order valence-electron chi connectivity index (χ0n) is 12.3. The lowest BCUT2D eigenvalue weighted by molar-refractivity contribution is 0.0555. The summed E-state index contributed by atoms with van der Waals surface area (Å²) in [6.45, 7) is 1.88. The Morgan fingerprint density at radius 1 is 1.36 bits per heavy atom. The van der Waals surface area contributed by atoms with Gasteiger partial charge < -0.3 is 10.0 Å². The van der Waals surface area contributed by atoms with Crippen molar-refractivity contribution >= 4 is 5.91 Å². The molecule has 116 valence electrons. The van der Waals surface area contributed by atoms with Crippen molar-refractivity contribution in [3.63, 3.8) is 0 Å². The van der Waals surface area contributed by atoms with Crippen LogP contribution in [0.25, 0.3) is 0 Å². The van der Waals surface area contributed by atoms with Gasteiger partial charge in [0, 0.05) is 12.4 Å². The largest absolute Gasteiger partial charge is 0.394 e. The van der Waals surface area contributed by atoms with Gasteiger partial charge >= 0.3 is 0 Å². The lowest BCUT2D eigenvalue weighted by Gasteiger charge is -2.30. The number of rotatable bonds is 6. The fourth-order valence-corrected chi connectivity index (χ4v) is 2.18. The van der Waals surface area contributed by atoms with Crippen LogP contribution in [0.5, 0.6) is 0 Å². The minimum Gasteiger partial charge on any atom is -0.394 e. The molecular formula is C16H18FN3O2. The molecule has 0 fully saturated rings. The highest BCUT2D eigenvalue weighted by Gasteiger charge is 2.25. The smallest absolute Gasteiger partial charge is 0.257 e. The Hall–Kier alpha value is -2.34. The molecule has 0 bridgehead atoms. The van der Waals surface area contributed by atoms with Gasteiger partial charge in [-0.05, 0) is 24.6 Å². The minimum absolute atomic E-state index is 0.0576. The molecule has 0 aliphatic heterocycles. The van der Waals surface area contributed by atoms with Crippen LogP contribution in [-0.2, 0) is 6.54 Å². The van der Waals surface area contributed by atoms with E-state index >= 15 is 0 Å². The molecule has 6 heteroatoms. The summed E-state index contributed by atoms with van der Waals surface area (Å²) in [5.41, 5.74) is 0.620. The SMILES string of the molecule is CCC(CO)N(Cc1ccccn1)C(=O)c1ccncc1F. The normalized spacial score (nSPS) is 12.0. The van der Waals surface area contributed by atoms with E-state index in [1.807, 2.05) is 13.0 Å². The summed E-state index contributed by atoms with van der Waals surface area (Å²) in [6, 6.07) is 6.32. The molecule has 0 saturated carbocycles. The Morgan fingerprint density at radius 3 is 2.77 bits per heavy atom. The first kappa shape index (κ1) is 16.0. The number of hydrogen-bond acceptors (Lipinski definition) is 4. The summed E-state index contributed by atoms with van der Waals surface area (Å²) in [6.07, 6.45) is 4.56. The predicted octanol–water partition coefficient (Wildman–Crippen LogP) is 2.03. The van der Waals surface area contributed by atoms with Crippen LogP contribution in [0.15, 0.2) is 42.9 Å². The Balaban J connectivity index is 2.32. The Labute approximate surface area is 128 Å². The van der Waals surface area contributed by atoms with Crippen LogP contribution >= 0.6 is 0 Å². The van der Waals surface area contributed by atoms with E-state index in [0.717, 1.165) is 6.20 Å². The van der Waals surface area contributed by atoms with Crippen molar-refractivity contribution in [3.8, 4) is 0 Å². The molecule has 1 atom stereocenters. The number of carbonyl (C=O) groups excluding carboxylic acids is 1. The van der Waals surface area contributed by atoms with Crippen molar-refractivity contribution < 1.29 is 14.3 Å². The zero-order valence-corrected chi connectivity index (χ0v) is 12.3. The van der Waals surface area contributed by atoms with Gasteiger partial charge in [0.1, 0.15) is 0 Å². The van der Waals surface area contributed by atoms with E-state index in [0.29, 0.717) is 12.1 Å². The maximum absolute atomic E-state index is 13.8. The van der Waals surface area contributed by atoms with Crippen molar-refractivity contribution in [2.45, 2.75) is 25.9 Å². The van der Waals surface area contributed by atoms with E-state index in [4.69, 9.17) is 0 Å². The molecule has 0 saturated heterocycles. The van der Waals surface area contributed by atoms with Crippen LogP contribution in [0.2, 0.25) is 0 Å². The number of hydrogen-bond donors (Lipinski definition) is 1. The third-order valence-electron chi connectivity index (χ3n) is 3.44. The minimum atomic E-state index is -0.675. The molecule has 22 heavy (non-hydrogen) atoms. The second-order valence-electron chi connectivity index (χ2n) is 4.85. The fourth-order valence-electron chi connectivity index (χ4n) is 2.18. The summed E-state index contributed by atoms with van der Waals surface area (Å²) in [5.74, 6) is -1.15. The van der Waals surface area contributed by atoms with E-state index < -0.39 is 17.8 Å². The molecule has 0 aliphatic carbocycles. The highest BCUT2D eigenvalue weighted by molar-refractivity contribution is 5.94. The standard InChI is InChI=1S/C16H18FN3O2/c1-2-13(11-21)20(10-12-5-3-4-7-19-12)16(22)14-6-8-18-9-15(14)17/h3-9,13,21H,2,10-11H2,1H3. The summed E-state index contributed by atoms with van der Waals surface area (Å²) in [4.78, 5) is 21.9. The molecule has 0 aromatic carbocycles. The molecule has 0 radical (unpaired) electrons. The Bertz CT molecular complexity index is 618. The number of pyridine rings is 2. The van der Waals surface area contributed by atoms with Crippen molar-refractivity contribution in [3.05, 3.63) is 59.9 Å². The van der Waals surface area contributed by atoms with Crippen LogP contribution in [0.3, 0.4) is 0 Å². The lowest BCUT2D eigenvalue weighted by Crippen LogP contribution is -2.42. The molecule has 2 aromatic heterocycles. The average molecular weight is 303 g/mol. The molecule has 2 heterocycles. The maximum Gasteiger partial charge on any atom is 0.257 e. The van der Waals surface area contributed by atoms with Gasteiger partial charge in [0.2, 0.25) is 0 Å². The molecule has 2 aromatic rings. The predicted molar refractivity (Wildman–Crippen MR) is 79.5 cm³/mol. The average Bonchev–Trinajstić information content (AvgIpc) is 2.56. The fraction of sp³-hybridized carbons (Fsp3) is 0.312. The molecule has 0 aliphatic rings. The summed E-state index contributed by atoms with van der Waals surface area (Å²) >= 11 is 0. The van der Waals surface area contributed by atoms with Gasteiger partial charge in [-0.2, -0.15) is 0 Å². The van der Waals surface area contributed by atoms with Gasteiger partial charge in [-0.3, -0.25) is 14.8 Å². The number of nitrogens with zero attached hydrogens (tertiary/aromatic N) is 3. The molecule has 1 N–H and O–H groups in total. The Kier molecular flexibility index (Phi) is 5.55. The first-order valence-electron chi connectivity index (χ1n) is 7.08. The second-order valence-corrected chi connectivity index (χ2v) is 4.85. The van der Waals surface area contributed by atoms with E-state index in [-0.39, 0.29) is 18.7 Å². The maximum atomic E-state index is 13.8. The molecule has 1 amide bonds. The molecule has 5 nitrogen and oxygen atoms in total. The number of aliphatic hydroxyl groups is 1. The van der Waals surface area contributed by atoms with E-state index in [9.17, 15) is 14.3 Å². The Morgan fingerprint density at radius 2 is 2.18 bits per heavy atom. The lowest BCUT2D eigenvalue weighted by atomic mass is 10.1. The number of amides is 1. The number of carbonyl (C=O) groups is 1. The van der Waals surface area contributed by atoms with Gasteiger partial charge in [-0.1, -0.05) is 13.0 Å². The van der Waals surface area contributed by atoms with Gasteiger partial charge in [-0.15, -0.1) is 0 Å². The zero-order chi connectivity index (χ0) is 15.9. The summed E-state index contributed by atoms with van der Waals surface area (Å²) < 4.78 is 13.8. The molecule has 0 spiro atoms. The molecular weight excluding hydrogens is 285 g/mol.